The van der Waals surface area contributed by atoms with E-state index >= 15 is 0 Å². The summed E-state index contributed by atoms with van der Waals surface area (Å²) >= 11 is 5.82. The number of alkyl halides is 3. The summed E-state index contributed by atoms with van der Waals surface area (Å²) in [5.41, 5.74) is -0.0502. The van der Waals surface area contributed by atoms with Crippen molar-refractivity contribution in [2.45, 2.75) is 12.3 Å². The quantitative estimate of drug-likeness (QED) is 0.566. The highest BCUT2D eigenvalue weighted by Gasteiger charge is 2.31. The highest BCUT2D eigenvalue weighted by molar-refractivity contribution is 6.30. The molecule has 2 aromatic carbocycles. The van der Waals surface area contributed by atoms with Gasteiger partial charge in [0.2, 0.25) is 0 Å². The maximum Gasteiger partial charge on any atom is 0.416 e. The summed E-state index contributed by atoms with van der Waals surface area (Å²) in [5.74, 6) is 0.705. The van der Waals surface area contributed by atoms with Crippen molar-refractivity contribution >= 4 is 17.3 Å². The highest BCUT2D eigenvalue weighted by atomic mass is 35.5. The Morgan fingerprint density at radius 1 is 1.06 bits per heavy atom. The van der Waals surface area contributed by atoms with Crippen LogP contribution in [0.4, 0.5) is 18.9 Å². The third kappa shape index (κ3) is 7.57. The standard InChI is InChI=1S/C22H26ClF3N2O3/c23-18-4-6-21(7-5-18)31-13-12-30-16-20(29)15-27-8-10-28(11-9-27)19-3-1-2-17(14-19)22(24,25)26/h1-7,14,20,29H,8-13,15-16H2/p+1/t20-/m0/s1. The van der Waals surface area contributed by atoms with Gasteiger partial charge in [-0.15, -0.1) is 0 Å². The van der Waals surface area contributed by atoms with E-state index in [1.54, 1.807) is 30.3 Å². The van der Waals surface area contributed by atoms with Crippen molar-refractivity contribution in [3.63, 3.8) is 0 Å². The van der Waals surface area contributed by atoms with Crippen LogP contribution in [0.2, 0.25) is 5.02 Å². The number of nitrogens with zero attached hydrogens (tertiary/aromatic N) is 1. The Morgan fingerprint density at radius 3 is 2.45 bits per heavy atom. The Bertz CT molecular complexity index is 812. The van der Waals surface area contributed by atoms with Crippen molar-refractivity contribution in [2.75, 3.05) is 57.4 Å². The molecule has 0 amide bonds. The number of rotatable bonds is 9. The highest BCUT2D eigenvalue weighted by Crippen LogP contribution is 2.31. The van der Waals surface area contributed by atoms with Gasteiger partial charge in [-0.25, -0.2) is 0 Å². The van der Waals surface area contributed by atoms with Gasteiger partial charge in [-0.1, -0.05) is 17.7 Å². The number of ether oxygens (including phenoxy) is 2. The predicted molar refractivity (Wildman–Crippen MR) is 113 cm³/mol. The largest absolute Gasteiger partial charge is 0.491 e. The van der Waals surface area contributed by atoms with Crippen LogP contribution in [0.25, 0.3) is 0 Å². The number of quaternary nitrogens is 1. The zero-order chi connectivity index (χ0) is 22.3. The van der Waals surface area contributed by atoms with Crippen molar-refractivity contribution in [3.8, 4) is 5.75 Å². The SMILES string of the molecule is O[C@H](COCCOc1ccc(Cl)cc1)C[NH+]1CCN(c2cccc(C(F)(F)F)c2)CC1. The van der Waals surface area contributed by atoms with Crippen molar-refractivity contribution in [2.24, 2.45) is 0 Å². The first-order valence-electron chi connectivity index (χ1n) is 10.2. The van der Waals surface area contributed by atoms with Gasteiger partial charge in [-0.2, -0.15) is 13.2 Å². The van der Waals surface area contributed by atoms with Crippen molar-refractivity contribution in [1.29, 1.82) is 0 Å². The Labute approximate surface area is 184 Å². The first kappa shape index (κ1) is 23.7. The molecule has 3 rings (SSSR count). The lowest BCUT2D eigenvalue weighted by atomic mass is 10.1. The molecule has 0 unspecified atom stereocenters. The summed E-state index contributed by atoms with van der Waals surface area (Å²) in [7, 11) is 0. The van der Waals surface area contributed by atoms with E-state index in [9.17, 15) is 18.3 Å². The van der Waals surface area contributed by atoms with Gasteiger partial charge in [0, 0.05) is 10.7 Å². The minimum absolute atomic E-state index is 0.213. The lowest BCUT2D eigenvalue weighted by molar-refractivity contribution is -0.903. The molecule has 2 aromatic rings. The number of aliphatic hydroxyl groups excluding tert-OH is 1. The van der Waals surface area contributed by atoms with Crippen LogP contribution in [0.5, 0.6) is 5.75 Å². The average molecular weight is 460 g/mol. The fourth-order valence-corrected chi connectivity index (χ4v) is 3.65. The van der Waals surface area contributed by atoms with Gasteiger partial charge < -0.3 is 24.4 Å². The van der Waals surface area contributed by atoms with Crippen molar-refractivity contribution < 1.29 is 32.7 Å². The molecule has 0 aliphatic carbocycles. The Kier molecular flexibility index (Phi) is 8.43. The Hall–Kier alpha value is -2.00. The molecular weight excluding hydrogens is 433 g/mol. The molecule has 0 spiro atoms. The van der Waals surface area contributed by atoms with Crippen LogP contribution < -0.4 is 14.5 Å². The molecule has 1 aliphatic rings. The van der Waals surface area contributed by atoms with E-state index in [4.69, 9.17) is 21.1 Å². The number of anilines is 1. The summed E-state index contributed by atoms with van der Waals surface area (Å²) in [4.78, 5) is 3.16. The molecule has 1 saturated heterocycles. The van der Waals surface area contributed by atoms with E-state index in [1.165, 1.54) is 17.0 Å². The van der Waals surface area contributed by atoms with E-state index in [0.717, 1.165) is 19.2 Å². The maximum absolute atomic E-state index is 12.9. The van der Waals surface area contributed by atoms with Gasteiger partial charge in [0.15, 0.2) is 0 Å². The third-order valence-electron chi connectivity index (χ3n) is 5.15. The first-order valence-corrected chi connectivity index (χ1v) is 10.6. The average Bonchev–Trinajstić information content (AvgIpc) is 2.75. The van der Waals surface area contributed by atoms with E-state index in [1.807, 2.05) is 4.90 Å². The smallest absolute Gasteiger partial charge is 0.416 e. The fraction of sp³-hybridized carbons (Fsp3) is 0.455. The summed E-state index contributed by atoms with van der Waals surface area (Å²) in [6.07, 6.45) is -4.95. The third-order valence-corrected chi connectivity index (χ3v) is 5.41. The second-order valence-electron chi connectivity index (χ2n) is 7.52. The van der Waals surface area contributed by atoms with Gasteiger partial charge in [-0.05, 0) is 42.5 Å². The number of piperazine rings is 1. The predicted octanol–water partition coefficient (Wildman–Crippen LogP) is 2.52. The van der Waals surface area contributed by atoms with Crippen molar-refractivity contribution in [1.82, 2.24) is 0 Å². The summed E-state index contributed by atoms with van der Waals surface area (Å²) < 4.78 is 49.8. The van der Waals surface area contributed by atoms with Crippen LogP contribution in [0.15, 0.2) is 48.5 Å². The normalized spacial score (nSPS) is 16.4. The van der Waals surface area contributed by atoms with Crippen LogP contribution in [-0.2, 0) is 10.9 Å². The molecule has 0 radical (unpaired) electrons. The van der Waals surface area contributed by atoms with E-state index in [0.29, 0.717) is 49.3 Å². The number of nitrogens with one attached hydrogen (secondary N) is 1. The zero-order valence-electron chi connectivity index (χ0n) is 17.1. The van der Waals surface area contributed by atoms with Crippen molar-refractivity contribution in [3.05, 3.63) is 59.1 Å². The topological polar surface area (TPSA) is 46.4 Å². The first-order chi connectivity index (χ1) is 14.8. The molecule has 31 heavy (non-hydrogen) atoms. The molecule has 0 saturated carbocycles. The Balaban J connectivity index is 1.32. The van der Waals surface area contributed by atoms with Crippen LogP contribution in [0.3, 0.4) is 0 Å². The summed E-state index contributed by atoms with van der Waals surface area (Å²) in [6, 6.07) is 12.5. The zero-order valence-corrected chi connectivity index (χ0v) is 17.8. The van der Waals surface area contributed by atoms with Gasteiger partial charge in [-0.3, -0.25) is 0 Å². The van der Waals surface area contributed by atoms with Crippen LogP contribution in [0.1, 0.15) is 5.56 Å². The van der Waals surface area contributed by atoms with E-state index in [2.05, 4.69) is 0 Å². The number of halogens is 4. The number of aliphatic hydroxyl groups is 1. The monoisotopic (exact) mass is 459 g/mol. The minimum atomic E-state index is -4.34. The van der Waals surface area contributed by atoms with Gasteiger partial charge in [0.25, 0.3) is 0 Å². The molecule has 1 heterocycles. The molecule has 1 atom stereocenters. The summed E-state index contributed by atoms with van der Waals surface area (Å²) in [6.45, 7) is 4.24. The summed E-state index contributed by atoms with van der Waals surface area (Å²) in [5, 5.41) is 10.9. The maximum atomic E-state index is 12.9. The molecule has 9 heteroatoms. The van der Waals surface area contributed by atoms with Crippen LogP contribution in [0, 0.1) is 0 Å². The second-order valence-corrected chi connectivity index (χ2v) is 7.96. The molecule has 1 aliphatic heterocycles. The molecule has 1 fully saturated rings. The van der Waals surface area contributed by atoms with E-state index in [-0.39, 0.29) is 6.61 Å². The number of hydrogen-bond donors (Lipinski definition) is 2. The Morgan fingerprint density at radius 2 is 1.77 bits per heavy atom. The molecule has 0 aromatic heterocycles. The lowest BCUT2D eigenvalue weighted by Crippen LogP contribution is -3.16. The van der Waals surface area contributed by atoms with Gasteiger partial charge in [0.1, 0.15) is 25.0 Å². The molecule has 2 N–H and O–H groups in total. The fourth-order valence-electron chi connectivity index (χ4n) is 3.52. The molecular formula is C22H27ClF3N2O3+. The second kappa shape index (κ2) is 11.0. The van der Waals surface area contributed by atoms with Gasteiger partial charge >= 0.3 is 6.18 Å². The molecule has 170 valence electrons. The lowest BCUT2D eigenvalue weighted by Gasteiger charge is -2.34. The number of benzene rings is 2. The van der Waals surface area contributed by atoms with Crippen LogP contribution >= 0.6 is 11.6 Å². The molecule has 0 bridgehead atoms. The van der Waals surface area contributed by atoms with E-state index < -0.39 is 17.8 Å². The van der Waals surface area contributed by atoms with Gasteiger partial charge in [0.05, 0.1) is 45.0 Å². The minimum Gasteiger partial charge on any atom is -0.491 e. The van der Waals surface area contributed by atoms with Crippen LogP contribution in [-0.4, -0.2) is 63.8 Å². The number of hydrogen-bond acceptors (Lipinski definition) is 4. The molecule has 5 nitrogen and oxygen atoms in total.